The molecule has 3 heterocycles. The van der Waals surface area contributed by atoms with Gasteiger partial charge in [0.05, 0.1) is 28.9 Å². The molecule has 10 heteroatoms. The number of thioether (sulfide) groups is 1. The van der Waals surface area contributed by atoms with Gasteiger partial charge in [0.2, 0.25) is 11.9 Å². The number of rotatable bonds is 4. The van der Waals surface area contributed by atoms with Crippen LogP contribution in [-0.2, 0) is 9.53 Å². The number of hydrogen-bond donors (Lipinski definition) is 1. The largest absolute Gasteiger partial charge is 0.372 e. The van der Waals surface area contributed by atoms with Crippen LogP contribution in [0.1, 0.15) is 13.8 Å². The monoisotopic (exact) mass is 400 g/mol. The average Bonchev–Trinajstić information content (AvgIpc) is 3.19. The molecule has 0 bridgehead atoms. The van der Waals surface area contributed by atoms with Crippen molar-refractivity contribution in [3.8, 4) is 5.95 Å². The number of para-hydroxylation sites is 1. The molecule has 0 unspecified atom stereocenters. The number of nitrogens with zero attached hydrogens (tertiary/aromatic N) is 5. The standard InChI is InChI=1S/C18H20N6O3S/c1-11-7-23(8-12(2)27-11)15(25)9-28-18-21-14-6-4-3-5-13(14)16(26)24(18)17-19-10-20-22-17/h3-6,10-12H,7-9H2,1-2H3,(H,19,20,22)/t11-,12-/m0/s1. The molecule has 1 N–H and O–H groups in total. The number of carbonyl (C=O) groups is 1. The minimum Gasteiger partial charge on any atom is -0.372 e. The van der Waals surface area contributed by atoms with E-state index in [4.69, 9.17) is 4.74 Å². The lowest BCUT2D eigenvalue weighted by atomic mass is 10.2. The molecule has 9 nitrogen and oxygen atoms in total. The van der Waals surface area contributed by atoms with E-state index in [-0.39, 0.29) is 35.4 Å². The van der Waals surface area contributed by atoms with Gasteiger partial charge in [0.1, 0.15) is 6.33 Å². The Morgan fingerprint density at radius 3 is 2.75 bits per heavy atom. The van der Waals surface area contributed by atoms with Gasteiger partial charge in [0.15, 0.2) is 5.16 Å². The summed E-state index contributed by atoms with van der Waals surface area (Å²) < 4.78 is 7.04. The molecule has 1 aliphatic rings. The van der Waals surface area contributed by atoms with Crippen LogP contribution in [0.15, 0.2) is 40.5 Å². The lowest BCUT2D eigenvalue weighted by molar-refractivity contribution is -0.140. The Bertz CT molecular complexity index is 1040. The van der Waals surface area contributed by atoms with Crippen molar-refractivity contribution >= 4 is 28.6 Å². The van der Waals surface area contributed by atoms with Crippen LogP contribution in [0.25, 0.3) is 16.9 Å². The van der Waals surface area contributed by atoms with Gasteiger partial charge in [-0.15, -0.1) is 0 Å². The van der Waals surface area contributed by atoms with E-state index < -0.39 is 0 Å². The fraction of sp³-hybridized carbons (Fsp3) is 0.389. The number of H-pyrrole nitrogens is 1. The number of fused-ring (bicyclic) bond motifs is 1. The molecule has 1 saturated heterocycles. The van der Waals surface area contributed by atoms with Crippen LogP contribution >= 0.6 is 11.8 Å². The quantitative estimate of drug-likeness (QED) is 0.519. The topological polar surface area (TPSA) is 106 Å². The van der Waals surface area contributed by atoms with Crippen molar-refractivity contribution in [1.29, 1.82) is 0 Å². The highest BCUT2D eigenvalue weighted by Crippen LogP contribution is 2.21. The maximum Gasteiger partial charge on any atom is 0.269 e. The smallest absolute Gasteiger partial charge is 0.269 e. The van der Waals surface area contributed by atoms with Crippen molar-refractivity contribution in [2.45, 2.75) is 31.2 Å². The van der Waals surface area contributed by atoms with Crippen LogP contribution < -0.4 is 5.56 Å². The molecule has 0 spiro atoms. The van der Waals surface area contributed by atoms with Crippen LogP contribution in [0.3, 0.4) is 0 Å². The number of aromatic amines is 1. The fourth-order valence-corrected chi connectivity index (χ4v) is 4.20. The Balaban J connectivity index is 1.64. The summed E-state index contributed by atoms with van der Waals surface area (Å²) in [6.07, 6.45) is 1.33. The maximum absolute atomic E-state index is 13.0. The molecular formula is C18H20N6O3S. The number of benzene rings is 1. The molecule has 0 radical (unpaired) electrons. The van der Waals surface area contributed by atoms with E-state index >= 15 is 0 Å². The van der Waals surface area contributed by atoms with E-state index in [2.05, 4.69) is 20.2 Å². The van der Waals surface area contributed by atoms with Gasteiger partial charge in [-0.3, -0.25) is 9.59 Å². The molecule has 0 saturated carbocycles. The summed E-state index contributed by atoms with van der Waals surface area (Å²) in [5.74, 6) is 0.420. The fourth-order valence-electron chi connectivity index (χ4n) is 3.30. The molecule has 4 rings (SSSR count). The first kappa shape index (κ1) is 18.6. The third kappa shape index (κ3) is 3.65. The van der Waals surface area contributed by atoms with Crippen molar-refractivity contribution in [3.05, 3.63) is 40.9 Å². The first-order valence-corrected chi connectivity index (χ1v) is 9.95. The van der Waals surface area contributed by atoms with Crippen LogP contribution in [0.4, 0.5) is 0 Å². The number of hydrogen-bond acceptors (Lipinski definition) is 7. The van der Waals surface area contributed by atoms with Crippen LogP contribution in [0.5, 0.6) is 0 Å². The summed E-state index contributed by atoms with van der Waals surface area (Å²) >= 11 is 1.21. The Labute approximate surface area is 165 Å². The SMILES string of the molecule is C[C@H]1CN(C(=O)CSc2nc3ccccc3c(=O)n2-c2ncn[nH]2)C[C@H](C)O1. The number of carbonyl (C=O) groups excluding carboxylic acids is 1. The zero-order valence-corrected chi connectivity index (χ0v) is 16.3. The molecule has 1 aromatic carbocycles. The number of aromatic nitrogens is 5. The van der Waals surface area contributed by atoms with Gasteiger partial charge in [-0.25, -0.2) is 14.6 Å². The molecule has 1 aliphatic heterocycles. The van der Waals surface area contributed by atoms with Crippen molar-refractivity contribution in [1.82, 2.24) is 29.6 Å². The second-order valence-electron chi connectivity index (χ2n) is 6.71. The number of morpholine rings is 1. The van der Waals surface area contributed by atoms with Crippen LogP contribution in [0, 0.1) is 0 Å². The Morgan fingerprint density at radius 1 is 1.29 bits per heavy atom. The first-order chi connectivity index (χ1) is 13.5. The number of nitrogens with one attached hydrogen (secondary N) is 1. The zero-order valence-electron chi connectivity index (χ0n) is 15.5. The van der Waals surface area contributed by atoms with Gasteiger partial charge in [0, 0.05) is 13.1 Å². The highest BCUT2D eigenvalue weighted by molar-refractivity contribution is 7.99. The van der Waals surface area contributed by atoms with E-state index in [1.807, 2.05) is 19.9 Å². The second kappa shape index (κ2) is 7.72. The molecule has 1 amide bonds. The maximum atomic E-state index is 13.0. The van der Waals surface area contributed by atoms with Crippen LogP contribution in [0.2, 0.25) is 0 Å². The van der Waals surface area contributed by atoms with Gasteiger partial charge in [0.25, 0.3) is 5.56 Å². The molecule has 3 aromatic rings. The minimum absolute atomic E-state index is 0.00358. The molecule has 28 heavy (non-hydrogen) atoms. The molecule has 2 atom stereocenters. The first-order valence-electron chi connectivity index (χ1n) is 8.96. The van der Waals surface area contributed by atoms with Crippen molar-refractivity contribution in [2.24, 2.45) is 0 Å². The predicted octanol–water partition coefficient (Wildman–Crippen LogP) is 1.23. The minimum atomic E-state index is -0.258. The van der Waals surface area contributed by atoms with Gasteiger partial charge in [-0.1, -0.05) is 23.9 Å². The van der Waals surface area contributed by atoms with E-state index in [9.17, 15) is 9.59 Å². The van der Waals surface area contributed by atoms with E-state index in [1.54, 1.807) is 23.1 Å². The normalized spacial score (nSPS) is 19.9. The Kier molecular flexibility index (Phi) is 5.14. The summed E-state index contributed by atoms with van der Waals surface area (Å²) in [7, 11) is 0. The predicted molar refractivity (Wildman–Crippen MR) is 105 cm³/mol. The van der Waals surface area contributed by atoms with Gasteiger partial charge >= 0.3 is 0 Å². The molecule has 2 aromatic heterocycles. The van der Waals surface area contributed by atoms with E-state index in [1.165, 1.54) is 22.7 Å². The third-order valence-corrected chi connectivity index (χ3v) is 5.38. The van der Waals surface area contributed by atoms with Crippen LogP contribution in [-0.4, -0.2) is 66.6 Å². The summed E-state index contributed by atoms with van der Waals surface area (Å²) in [5, 5.41) is 7.39. The number of amides is 1. The average molecular weight is 400 g/mol. The Morgan fingerprint density at radius 2 is 2.04 bits per heavy atom. The molecule has 0 aliphatic carbocycles. The van der Waals surface area contributed by atoms with Crippen molar-refractivity contribution in [3.63, 3.8) is 0 Å². The summed E-state index contributed by atoms with van der Waals surface area (Å²) in [6, 6.07) is 7.10. The van der Waals surface area contributed by atoms with Gasteiger partial charge < -0.3 is 9.64 Å². The Hall–Kier alpha value is -2.72. The summed E-state index contributed by atoms with van der Waals surface area (Å²) in [4.78, 5) is 36.2. The third-order valence-electron chi connectivity index (χ3n) is 4.46. The number of ether oxygens (including phenoxy) is 1. The molecule has 1 fully saturated rings. The highest BCUT2D eigenvalue weighted by atomic mass is 32.2. The zero-order chi connectivity index (χ0) is 19.7. The highest BCUT2D eigenvalue weighted by Gasteiger charge is 2.26. The molecular weight excluding hydrogens is 380 g/mol. The van der Waals surface area contributed by atoms with Gasteiger partial charge in [-0.2, -0.15) is 10.1 Å². The lowest BCUT2D eigenvalue weighted by Gasteiger charge is -2.35. The summed E-state index contributed by atoms with van der Waals surface area (Å²) in [5.41, 5.74) is 0.317. The summed E-state index contributed by atoms with van der Waals surface area (Å²) in [6.45, 7) is 5.03. The second-order valence-corrected chi connectivity index (χ2v) is 7.65. The van der Waals surface area contributed by atoms with Crippen molar-refractivity contribution in [2.75, 3.05) is 18.8 Å². The van der Waals surface area contributed by atoms with Gasteiger partial charge in [-0.05, 0) is 26.0 Å². The van der Waals surface area contributed by atoms with Crippen molar-refractivity contribution < 1.29 is 9.53 Å². The van der Waals surface area contributed by atoms with E-state index in [0.29, 0.717) is 29.1 Å². The lowest BCUT2D eigenvalue weighted by Crippen LogP contribution is -2.48. The van der Waals surface area contributed by atoms with E-state index in [0.717, 1.165) is 0 Å². The molecule has 146 valence electrons.